The third-order valence-corrected chi connectivity index (χ3v) is 14.8. The van der Waals surface area contributed by atoms with Crippen molar-refractivity contribution in [3.63, 3.8) is 0 Å². The maximum atomic E-state index is 15.2. The number of nitrogens with zero attached hydrogens (tertiary/aromatic N) is 2. The van der Waals surface area contributed by atoms with E-state index >= 15 is 4.79 Å². The Bertz CT molecular complexity index is 2380. The van der Waals surface area contributed by atoms with E-state index < -0.39 is 29.4 Å². The van der Waals surface area contributed by atoms with Crippen molar-refractivity contribution in [1.82, 2.24) is 4.90 Å². The number of amides is 1. The molecule has 4 aliphatic rings. The molecule has 2 aliphatic carbocycles. The number of aliphatic hydroxyl groups excluding tert-OH is 2. The van der Waals surface area contributed by atoms with Crippen LogP contribution in [-0.4, -0.2) is 91.0 Å². The molecule has 3 aromatic rings. The highest BCUT2D eigenvalue weighted by Gasteiger charge is 2.66. The van der Waals surface area contributed by atoms with Crippen molar-refractivity contribution in [2.45, 2.75) is 167 Å². The lowest BCUT2D eigenvalue weighted by Crippen LogP contribution is -2.70. The molecule has 3 aromatic carbocycles. The van der Waals surface area contributed by atoms with E-state index in [0.29, 0.717) is 58.6 Å². The first-order valence-corrected chi connectivity index (χ1v) is 27.4. The number of ether oxygens (including phenoxy) is 7. The number of aliphatic hydroxyl groups is 2. The highest BCUT2D eigenvalue weighted by Crippen LogP contribution is 2.62. The maximum absolute atomic E-state index is 15.2. The number of oxime groups is 1. The molecule has 6 atom stereocenters. The van der Waals surface area contributed by atoms with E-state index in [-0.39, 0.29) is 63.9 Å². The Balaban J connectivity index is 1.35. The van der Waals surface area contributed by atoms with Gasteiger partial charge in [0, 0.05) is 37.7 Å². The van der Waals surface area contributed by atoms with Crippen LogP contribution in [0, 0.1) is 17.8 Å². The molecule has 6 unspecified atom stereocenters. The molecule has 0 saturated heterocycles. The minimum Gasteiger partial charge on any atom is -0.496 e. The average Bonchev–Trinajstić information content (AvgIpc) is 3.87. The van der Waals surface area contributed by atoms with E-state index in [0.717, 1.165) is 74.4 Å². The van der Waals surface area contributed by atoms with Crippen molar-refractivity contribution in [2.75, 3.05) is 40.3 Å². The summed E-state index contributed by atoms with van der Waals surface area (Å²) in [6.45, 7) is 12.9. The number of carbonyl (C=O) groups is 2. The van der Waals surface area contributed by atoms with Gasteiger partial charge < -0.3 is 48.2 Å². The second kappa shape index (κ2) is 27.3. The van der Waals surface area contributed by atoms with Crippen LogP contribution in [0.1, 0.15) is 164 Å². The second-order valence-corrected chi connectivity index (χ2v) is 21.2. The molecule has 0 radical (unpaired) electrons. The van der Waals surface area contributed by atoms with Gasteiger partial charge in [0.25, 0.3) is 0 Å². The Labute approximate surface area is 439 Å². The fourth-order valence-corrected chi connectivity index (χ4v) is 11.3. The number of hydrogen-bond donors (Lipinski definition) is 2. The van der Waals surface area contributed by atoms with Crippen molar-refractivity contribution >= 4 is 18.1 Å². The van der Waals surface area contributed by atoms with Gasteiger partial charge >= 0.3 is 6.09 Å². The van der Waals surface area contributed by atoms with Crippen LogP contribution < -0.4 is 23.7 Å². The van der Waals surface area contributed by atoms with Gasteiger partial charge in [-0.1, -0.05) is 101 Å². The molecule has 2 heterocycles. The van der Waals surface area contributed by atoms with Crippen LogP contribution in [0.5, 0.6) is 34.5 Å². The monoisotopic (exact) mass is 1020 g/mol. The van der Waals surface area contributed by atoms with E-state index in [1.807, 2.05) is 57.2 Å². The predicted molar refractivity (Wildman–Crippen MR) is 286 cm³/mol. The van der Waals surface area contributed by atoms with Crippen LogP contribution >= 0.6 is 0 Å². The predicted octanol–water partition coefficient (Wildman–Crippen LogP) is 13.0. The summed E-state index contributed by atoms with van der Waals surface area (Å²) in [5.74, 6) is 0.860. The number of fused-ring (bicyclic) bond motifs is 3. The first kappa shape index (κ1) is 56.2. The number of rotatable bonds is 30. The number of allylic oxidation sites excluding steroid dienone is 1. The van der Waals surface area contributed by atoms with Crippen LogP contribution in [0.3, 0.4) is 0 Å². The fraction of sp³-hybridized carbons (Fsp3) is 0.583. The van der Waals surface area contributed by atoms with Crippen LogP contribution in [0.4, 0.5) is 4.79 Å². The van der Waals surface area contributed by atoms with Crippen molar-refractivity contribution in [1.29, 1.82) is 0 Å². The molecule has 74 heavy (non-hydrogen) atoms. The normalized spacial score (nSPS) is 22.0. The fourth-order valence-electron chi connectivity index (χ4n) is 11.3. The molecule has 1 saturated carbocycles. The molecule has 404 valence electrons. The number of carbonyl (C=O) groups excluding carboxylic acids is 2. The Morgan fingerprint density at radius 1 is 0.851 bits per heavy atom. The summed E-state index contributed by atoms with van der Waals surface area (Å²) < 4.78 is 44.6. The van der Waals surface area contributed by atoms with E-state index in [9.17, 15) is 15.0 Å². The zero-order valence-corrected chi connectivity index (χ0v) is 44.7. The molecule has 1 fully saturated rings. The van der Waals surface area contributed by atoms with E-state index in [4.69, 9.17) is 43.2 Å². The number of unbranched alkanes of at least 4 members (excludes halogenated alkanes) is 11. The van der Waals surface area contributed by atoms with Gasteiger partial charge in [-0.05, 0) is 124 Å². The summed E-state index contributed by atoms with van der Waals surface area (Å²) in [6, 6.07) is 15.8. The molecular formula is C60H82N2O12. The van der Waals surface area contributed by atoms with Gasteiger partial charge in [0.1, 0.15) is 34.6 Å². The zero-order valence-electron chi connectivity index (χ0n) is 44.7. The second-order valence-electron chi connectivity index (χ2n) is 21.2. The third-order valence-electron chi connectivity index (χ3n) is 14.8. The van der Waals surface area contributed by atoms with Gasteiger partial charge in [-0.3, -0.25) is 9.69 Å². The lowest BCUT2D eigenvalue weighted by atomic mass is 9.55. The van der Waals surface area contributed by atoms with E-state index in [1.54, 1.807) is 29.2 Å². The summed E-state index contributed by atoms with van der Waals surface area (Å²) in [7, 11) is 1.52. The zero-order chi connectivity index (χ0) is 52.5. The number of benzene rings is 3. The Kier molecular flexibility index (Phi) is 20.7. The maximum Gasteiger partial charge on any atom is 0.410 e. The largest absolute Gasteiger partial charge is 0.496 e. The molecule has 2 N–H and O–H groups in total. The molecule has 7 rings (SSSR count). The number of aldehydes is 1. The van der Waals surface area contributed by atoms with Crippen LogP contribution in [0.15, 0.2) is 84.1 Å². The Hall–Kier alpha value is -5.57. The van der Waals surface area contributed by atoms with Crippen LogP contribution in [0.2, 0.25) is 0 Å². The summed E-state index contributed by atoms with van der Waals surface area (Å²) in [6.07, 6.45) is 20.4. The highest BCUT2D eigenvalue weighted by molar-refractivity contribution is 6.03. The van der Waals surface area contributed by atoms with Gasteiger partial charge in [-0.25, -0.2) is 4.79 Å². The molecule has 1 amide bonds. The molecule has 0 spiro atoms. The van der Waals surface area contributed by atoms with Crippen LogP contribution in [0.25, 0.3) is 0 Å². The lowest BCUT2D eigenvalue weighted by Gasteiger charge is -2.60. The Morgan fingerprint density at radius 2 is 1.54 bits per heavy atom. The highest BCUT2D eigenvalue weighted by atomic mass is 16.7. The third kappa shape index (κ3) is 14.0. The van der Waals surface area contributed by atoms with Gasteiger partial charge in [-0.2, -0.15) is 0 Å². The topological polar surface area (TPSA) is 164 Å². The quantitative estimate of drug-likeness (QED) is 0.0281. The summed E-state index contributed by atoms with van der Waals surface area (Å²) in [5, 5.41) is 25.2. The molecule has 2 aliphatic heterocycles. The standard InChI is InChI=1S/C60H82N2O12/c1-7-9-10-11-12-13-14-15-16-21-33-68-58(66)62(39-42-24-27-53-54(34-42)70-41-69-53)55-38-50(61-74-59(3,4)5)48-36-43(22-17-19-30-63)47(23-18-20-31-64)56-49-37-46(72-45-25-28-51(67-6)44(35-45)40-65)26-29-52(49)73-60(55,57(48)56)71-32-8-2/h8,24-29,34-37,40,43,47,55-57,63-64H,2,7,9-23,30-33,38-39,41H2,1,3-6H3. The van der Waals surface area contributed by atoms with Crippen molar-refractivity contribution in [3.05, 3.63) is 95.6 Å². The van der Waals surface area contributed by atoms with Crippen molar-refractivity contribution < 1.29 is 57.8 Å². The van der Waals surface area contributed by atoms with Gasteiger partial charge in [0.15, 0.2) is 17.8 Å². The smallest absolute Gasteiger partial charge is 0.410 e. The van der Waals surface area contributed by atoms with Gasteiger partial charge in [0.05, 0.1) is 37.5 Å². The summed E-state index contributed by atoms with van der Waals surface area (Å²) in [4.78, 5) is 35.4. The molecule has 14 heteroatoms. The van der Waals surface area contributed by atoms with Crippen molar-refractivity contribution in [3.8, 4) is 34.5 Å². The first-order chi connectivity index (χ1) is 36.0. The summed E-state index contributed by atoms with van der Waals surface area (Å²) >= 11 is 0. The molecular weight excluding hydrogens is 941 g/mol. The number of methoxy groups -OCH3 is 1. The van der Waals surface area contributed by atoms with Gasteiger partial charge in [-0.15, -0.1) is 6.58 Å². The van der Waals surface area contributed by atoms with Gasteiger partial charge in [0.2, 0.25) is 12.6 Å². The van der Waals surface area contributed by atoms with Crippen molar-refractivity contribution in [2.24, 2.45) is 22.9 Å². The molecule has 14 nitrogen and oxygen atoms in total. The molecule has 0 aromatic heterocycles. The van der Waals surface area contributed by atoms with E-state index in [1.165, 1.54) is 45.6 Å². The Morgan fingerprint density at radius 3 is 2.24 bits per heavy atom. The first-order valence-electron chi connectivity index (χ1n) is 27.4. The summed E-state index contributed by atoms with van der Waals surface area (Å²) in [5.41, 5.74) is 2.99. The average molecular weight is 1020 g/mol. The SMILES string of the molecule is C=CCOC12Oc3ccc(Oc4ccc(OC)c(C=O)c4)cc3C3C(CCCCO)C(CCCCO)C=C(C(=NOC(C)(C)C)CC1N(Cc1ccc4c(c1)OCO4)C(=O)OCCCCCCCCCCCC)C32. The minimum atomic E-state index is -1.52. The number of hydrogen-bond acceptors (Lipinski definition) is 13. The molecule has 0 bridgehead atoms. The van der Waals surface area contributed by atoms with Crippen LogP contribution in [-0.2, 0) is 20.9 Å². The van der Waals surface area contributed by atoms with E-state index in [2.05, 4.69) is 19.6 Å². The lowest BCUT2D eigenvalue weighted by molar-refractivity contribution is -0.256. The minimum absolute atomic E-state index is 0.0182.